The van der Waals surface area contributed by atoms with Gasteiger partial charge in [-0.3, -0.25) is 0 Å². The molecule has 19 heavy (non-hydrogen) atoms. The lowest BCUT2D eigenvalue weighted by Gasteiger charge is -2.10. The van der Waals surface area contributed by atoms with Crippen LogP contribution in [0.3, 0.4) is 0 Å². The standard InChI is InChI=1S/C14H12Cl2FNS/c1-18-8-9-6-11(17)3-5-13(9)19-14-7-10(15)2-4-12(14)16/h2-7,18H,8H2,1H3. The number of nitrogens with one attached hydrogen (secondary N) is 1. The van der Waals surface area contributed by atoms with Crippen LogP contribution in [0.1, 0.15) is 5.56 Å². The number of rotatable bonds is 4. The van der Waals surface area contributed by atoms with Crippen molar-refractivity contribution in [2.75, 3.05) is 7.05 Å². The normalized spacial score (nSPS) is 10.7. The topological polar surface area (TPSA) is 12.0 Å². The highest BCUT2D eigenvalue weighted by Crippen LogP contribution is 2.36. The Balaban J connectivity index is 2.34. The van der Waals surface area contributed by atoms with E-state index >= 15 is 0 Å². The number of hydrogen-bond acceptors (Lipinski definition) is 2. The Labute approximate surface area is 126 Å². The van der Waals surface area contributed by atoms with Crippen LogP contribution in [0.4, 0.5) is 4.39 Å². The average Bonchev–Trinajstić information content (AvgIpc) is 2.37. The van der Waals surface area contributed by atoms with E-state index in [4.69, 9.17) is 23.2 Å². The molecule has 1 N–H and O–H groups in total. The Morgan fingerprint density at radius 1 is 1.11 bits per heavy atom. The zero-order valence-electron chi connectivity index (χ0n) is 10.2. The SMILES string of the molecule is CNCc1cc(F)ccc1Sc1cc(Cl)ccc1Cl. The molecule has 0 aliphatic rings. The Bertz CT molecular complexity index is 590. The molecule has 0 aliphatic heterocycles. The zero-order valence-corrected chi connectivity index (χ0v) is 12.5. The van der Waals surface area contributed by atoms with E-state index in [0.717, 1.165) is 15.4 Å². The van der Waals surface area contributed by atoms with Crippen LogP contribution >= 0.6 is 35.0 Å². The molecular weight excluding hydrogens is 304 g/mol. The van der Waals surface area contributed by atoms with E-state index in [1.54, 1.807) is 24.3 Å². The molecule has 0 amide bonds. The van der Waals surface area contributed by atoms with Gasteiger partial charge in [-0.15, -0.1) is 0 Å². The first-order chi connectivity index (χ1) is 9.10. The van der Waals surface area contributed by atoms with Gasteiger partial charge in [0.05, 0.1) is 5.02 Å². The molecule has 0 saturated heterocycles. The lowest BCUT2D eigenvalue weighted by Crippen LogP contribution is -2.06. The Morgan fingerprint density at radius 3 is 2.63 bits per heavy atom. The summed E-state index contributed by atoms with van der Waals surface area (Å²) in [6.45, 7) is 0.596. The molecule has 1 nitrogen and oxygen atoms in total. The summed E-state index contributed by atoms with van der Waals surface area (Å²) in [4.78, 5) is 1.82. The molecule has 2 aromatic carbocycles. The van der Waals surface area contributed by atoms with E-state index in [1.165, 1.54) is 23.9 Å². The van der Waals surface area contributed by atoms with E-state index in [2.05, 4.69) is 5.32 Å². The van der Waals surface area contributed by atoms with Crippen molar-refractivity contribution < 1.29 is 4.39 Å². The summed E-state index contributed by atoms with van der Waals surface area (Å²) in [5, 5.41) is 4.29. The van der Waals surface area contributed by atoms with Gasteiger partial charge in [-0.05, 0) is 49.0 Å². The minimum absolute atomic E-state index is 0.244. The van der Waals surface area contributed by atoms with Crippen molar-refractivity contribution in [1.29, 1.82) is 0 Å². The van der Waals surface area contributed by atoms with Gasteiger partial charge in [0.25, 0.3) is 0 Å². The monoisotopic (exact) mass is 315 g/mol. The first-order valence-electron chi connectivity index (χ1n) is 5.66. The smallest absolute Gasteiger partial charge is 0.123 e. The van der Waals surface area contributed by atoms with Gasteiger partial charge in [0.1, 0.15) is 5.82 Å². The summed E-state index contributed by atoms with van der Waals surface area (Å²) in [7, 11) is 1.83. The summed E-state index contributed by atoms with van der Waals surface area (Å²) >= 11 is 13.6. The maximum Gasteiger partial charge on any atom is 0.123 e. The molecular formula is C14H12Cl2FNS. The third kappa shape index (κ3) is 3.86. The molecule has 0 radical (unpaired) electrons. The fraction of sp³-hybridized carbons (Fsp3) is 0.143. The highest BCUT2D eigenvalue weighted by atomic mass is 35.5. The average molecular weight is 316 g/mol. The Morgan fingerprint density at radius 2 is 1.89 bits per heavy atom. The molecule has 0 aromatic heterocycles. The third-order valence-corrected chi connectivity index (χ3v) is 4.36. The molecule has 2 rings (SSSR count). The maximum absolute atomic E-state index is 13.3. The molecule has 2 aromatic rings. The third-order valence-electron chi connectivity index (χ3n) is 2.50. The van der Waals surface area contributed by atoms with Gasteiger partial charge >= 0.3 is 0 Å². The van der Waals surface area contributed by atoms with Gasteiger partial charge < -0.3 is 5.32 Å². The number of halogens is 3. The predicted octanol–water partition coefficient (Wildman–Crippen LogP) is 5.00. The molecule has 5 heteroatoms. The molecule has 100 valence electrons. The molecule has 0 atom stereocenters. The lowest BCUT2D eigenvalue weighted by molar-refractivity contribution is 0.621. The quantitative estimate of drug-likeness (QED) is 0.851. The largest absolute Gasteiger partial charge is 0.316 e. The Hall–Kier alpha value is -0.740. The predicted molar refractivity (Wildman–Crippen MR) is 79.7 cm³/mol. The first-order valence-corrected chi connectivity index (χ1v) is 7.23. The van der Waals surface area contributed by atoms with Crippen LogP contribution in [-0.2, 0) is 6.54 Å². The number of benzene rings is 2. The fourth-order valence-electron chi connectivity index (χ4n) is 1.65. The molecule has 0 saturated carbocycles. The fourth-order valence-corrected chi connectivity index (χ4v) is 3.11. The van der Waals surface area contributed by atoms with E-state index in [0.29, 0.717) is 16.6 Å². The molecule has 0 aliphatic carbocycles. The van der Waals surface area contributed by atoms with Crippen molar-refractivity contribution in [3.8, 4) is 0 Å². The maximum atomic E-state index is 13.3. The van der Waals surface area contributed by atoms with Crippen molar-refractivity contribution in [2.24, 2.45) is 0 Å². The summed E-state index contributed by atoms with van der Waals surface area (Å²) in [5.41, 5.74) is 0.892. The molecule has 0 fully saturated rings. The highest BCUT2D eigenvalue weighted by Gasteiger charge is 2.09. The molecule has 0 spiro atoms. The van der Waals surface area contributed by atoms with E-state index in [1.807, 2.05) is 7.05 Å². The summed E-state index contributed by atoms with van der Waals surface area (Å²) in [6, 6.07) is 10.0. The summed E-state index contributed by atoms with van der Waals surface area (Å²) < 4.78 is 13.3. The molecule has 0 bridgehead atoms. The van der Waals surface area contributed by atoms with Gasteiger partial charge in [-0.1, -0.05) is 35.0 Å². The van der Waals surface area contributed by atoms with Crippen LogP contribution in [0.15, 0.2) is 46.2 Å². The summed E-state index contributed by atoms with van der Waals surface area (Å²) in [6.07, 6.45) is 0. The van der Waals surface area contributed by atoms with Crippen molar-refractivity contribution in [2.45, 2.75) is 16.3 Å². The second-order valence-corrected chi connectivity index (χ2v) is 5.89. The molecule has 0 heterocycles. The van der Waals surface area contributed by atoms with Crippen LogP contribution in [0.25, 0.3) is 0 Å². The van der Waals surface area contributed by atoms with Crippen LogP contribution in [0, 0.1) is 5.82 Å². The van der Waals surface area contributed by atoms with Gasteiger partial charge in [-0.25, -0.2) is 4.39 Å². The lowest BCUT2D eigenvalue weighted by atomic mass is 10.2. The molecule has 0 unspecified atom stereocenters. The van der Waals surface area contributed by atoms with Crippen molar-refractivity contribution in [3.63, 3.8) is 0 Å². The number of hydrogen-bond donors (Lipinski definition) is 1. The van der Waals surface area contributed by atoms with Crippen LogP contribution < -0.4 is 5.32 Å². The van der Waals surface area contributed by atoms with Gasteiger partial charge in [0.15, 0.2) is 0 Å². The minimum Gasteiger partial charge on any atom is -0.316 e. The van der Waals surface area contributed by atoms with Crippen LogP contribution in [0.2, 0.25) is 10.0 Å². The van der Waals surface area contributed by atoms with Crippen molar-refractivity contribution in [3.05, 3.63) is 57.8 Å². The minimum atomic E-state index is -0.244. The van der Waals surface area contributed by atoms with Crippen LogP contribution in [0.5, 0.6) is 0 Å². The van der Waals surface area contributed by atoms with E-state index < -0.39 is 0 Å². The van der Waals surface area contributed by atoms with Gasteiger partial charge in [0, 0.05) is 21.4 Å². The van der Waals surface area contributed by atoms with Crippen molar-refractivity contribution >= 4 is 35.0 Å². The van der Waals surface area contributed by atoms with Gasteiger partial charge in [-0.2, -0.15) is 0 Å². The second kappa shape index (κ2) is 6.62. The van der Waals surface area contributed by atoms with E-state index in [9.17, 15) is 4.39 Å². The second-order valence-electron chi connectivity index (χ2n) is 3.96. The van der Waals surface area contributed by atoms with Crippen molar-refractivity contribution in [1.82, 2.24) is 5.32 Å². The first kappa shape index (κ1) is 14.7. The van der Waals surface area contributed by atoms with Crippen LogP contribution in [-0.4, -0.2) is 7.05 Å². The summed E-state index contributed by atoms with van der Waals surface area (Å²) in [5.74, 6) is -0.244. The van der Waals surface area contributed by atoms with E-state index in [-0.39, 0.29) is 5.82 Å². The Kier molecular flexibility index (Phi) is 5.11. The zero-order chi connectivity index (χ0) is 13.8. The highest BCUT2D eigenvalue weighted by molar-refractivity contribution is 7.99. The van der Waals surface area contributed by atoms with Gasteiger partial charge in [0.2, 0.25) is 0 Å².